The topological polar surface area (TPSA) is 45.5 Å². The summed E-state index contributed by atoms with van der Waals surface area (Å²) in [5.74, 6) is 0.226. The lowest BCUT2D eigenvalue weighted by Crippen LogP contribution is -1.78. The first kappa shape index (κ1) is 13.4. The Morgan fingerprint density at radius 1 is 1.15 bits per heavy atom. The number of aliphatic imine (C=N–C) groups is 1. The van der Waals surface area contributed by atoms with Crippen LogP contribution < -0.4 is 0 Å². The monoisotopic (exact) mass is 322 g/mol. The summed E-state index contributed by atoms with van der Waals surface area (Å²) in [6, 6.07) is 10.2. The Balaban J connectivity index is 2.00. The van der Waals surface area contributed by atoms with Crippen molar-refractivity contribution < 1.29 is 5.11 Å². The summed E-state index contributed by atoms with van der Waals surface area (Å²) in [7, 11) is 0. The van der Waals surface area contributed by atoms with E-state index in [1.165, 1.54) is 11.5 Å². The van der Waals surface area contributed by atoms with Crippen molar-refractivity contribution in [3.05, 3.63) is 52.0 Å². The van der Waals surface area contributed by atoms with E-state index in [2.05, 4.69) is 9.37 Å². The molecule has 3 nitrogen and oxygen atoms in total. The molecule has 0 spiro atoms. The average molecular weight is 323 g/mol. The molecule has 0 unspecified atom stereocenters. The van der Waals surface area contributed by atoms with Gasteiger partial charge in [-0.3, -0.25) is 0 Å². The molecule has 6 heteroatoms. The average Bonchev–Trinajstić information content (AvgIpc) is 2.81. The fourth-order valence-electron chi connectivity index (χ4n) is 1.75. The summed E-state index contributed by atoms with van der Waals surface area (Å²) in [6.07, 6.45) is 1.71. The zero-order valence-electron chi connectivity index (χ0n) is 10.0. The summed E-state index contributed by atoms with van der Waals surface area (Å²) in [5.41, 5.74) is 1.59. The van der Waals surface area contributed by atoms with Crippen LogP contribution in [-0.2, 0) is 0 Å². The number of hydrogen-bond donors (Lipinski definition) is 1. The summed E-state index contributed by atoms with van der Waals surface area (Å²) < 4.78 is 4.28. The highest BCUT2D eigenvalue weighted by Gasteiger charge is 2.09. The Labute approximate surface area is 129 Å². The molecule has 1 N–H and O–H groups in total. The van der Waals surface area contributed by atoms with Gasteiger partial charge in [0.05, 0.1) is 5.02 Å². The Morgan fingerprint density at radius 2 is 1.90 bits per heavy atom. The SMILES string of the molecule is Oc1ccc(C=Nc2snc3c(Cl)cc(Cl)cc23)cc1. The van der Waals surface area contributed by atoms with Crippen molar-refractivity contribution in [3.8, 4) is 5.75 Å². The molecule has 0 radical (unpaired) electrons. The van der Waals surface area contributed by atoms with E-state index in [1.807, 2.05) is 0 Å². The number of benzene rings is 2. The molecule has 3 aromatic rings. The van der Waals surface area contributed by atoms with E-state index in [4.69, 9.17) is 23.2 Å². The molecular formula is C14H8Cl2N2OS. The number of halogens is 2. The highest BCUT2D eigenvalue weighted by molar-refractivity contribution is 7.11. The van der Waals surface area contributed by atoms with Gasteiger partial charge in [0, 0.05) is 16.6 Å². The molecule has 0 bridgehead atoms. The minimum Gasteiger partial charge on any atom is -0.508 e. The van der Waals surface area contributed by atoms with Gasteiger partial charge in [0.15, 0.2) is 0 Å². The van der Waals surface area contributed by atoms with Gasteiger partial charge in [-0.05, 0) is 53.5 Å². The first-order chi connectivity index (χ1) is 9.63. The number of phenols is 1. The van der Waals surface area contributed by atoms with Gasteiger partial charge in [-0.15, -0.1) is 0 Å². The number of phenolic OH excluding ortho intramolecular Hbond substituents is 1. The molecule has 0 amide bonds. The van der Waals surface area contributed by atoms with Crippen LogP contribution in [0.1, 0.15) is 5.56 Å². The Morgan fingerprint density at radius 3 is 2.65 bits per heavy atom. The van der Waals surface area contributed by atoms with Gasteiger partial charge >= 0.3 is 0 Å². The van der Waals surface area contributed by atoms with Crippen molar-refractivity contribution in [2.75, 3.05) is 0 Å². The van der Waals surface area contributed by atoms with E-state index in [0.717, 1.165) is 16.0 Å². The van der Waals surface area contributed by atoms with Gasteiger partial charge in [-0.2, -0.15) is 4.37 Å². The zero-order valence-corrected chi connectivity index (χ0v) is 12.4. The van der Waals surface area contributed by atoms with Gasteiger partial charge in [-0.25, -0.2) is 4.99 Å². The lowest BCUT2D eigenvalue weighted by atomic mass is 10.2. The summed E-state index contributed by atoms with van der Waals surface area (Å²) in [6.45, 7) is 0. The van der Waals surface area contributed by atoms with Gasteiger partial charge in [-0.1, -0.05) is 23.2 Å². The molecule has 0 atom stereocenters. The number of aromatic hydroxyl groups is 1. The molecule has 1 aromatic heterocycles. The van der Waals surface area contributed by atoms with Crippen LogP contribution in [0.25, 0.3) is 10.9 Å². The first-order valence-electron chi connectivity index (χ1n) is 5.71. The second kappa shape index (κ2) is 5.40. The predicted molar refractivity (Wildman–Crippen MR) is 85.0 cm³/mol. The van der Waals surface area contributed by atoms with Crippen molar-refractivity contribution in [1.29, 1.82) is 0 Å². The molecule has 0 saturated heterocycles. The third kappa shape index (κ3) is 2.63. The third-order valence-corrected chi connectivity index (χ3v) is 3.98. The third-order valence-electron chi connectivity index (χ3n) is 2.71. The van der Waals surface area contributed by atoms with Crippen LogP contribution >= 0.6 is 34.7 Å². The standard InChI is InChI=1S/C14H8Cl2N2OS/c15-9-5-11-13(12(16)6-9)18-20-14(11)17-7-8-1-3-10(19)4-2-8/h1-7,19H. The quantitative estimate of drug-likeness (QED) is 0.670. The second-order valence-corrected chi connectivity index (χ2v) is 5.72. The van der Waals surface area contributed by atoms with Crippen molar-refractivity contribution in [3.63, 3.8) is 0 Å². The van der Waals surface area contributed by atoms with Crippen LogP contribution in [0.3, 0.4) is 0 Å². The molecule has 0 aliphatic heterocycles. The Hall–Kier alpha value is -1.62. The van der Waals surface area contributed by atoms with Crippen LogP contribution in [0.2, 0.25) is 10.0 Å². The predicted octanol–water partition coefficient (Wildman–Crippen LogP) is 5.06. The molecule has 0 aliphatic rings. The second-order valence-electron chi connectivity index (χ2n) is 4.12. The molecule has 3 rings (SSSR count). The van der Waals surface area contributed by atoms with Crippen LogP contribution in [0.15, 0.2) is 41.4 Å². The van der Waals surface area contributed by atoms with Crippen LogP contribution in [0.4, 0.5) is 5.00 Å². The van der Waals surface area contributed by atoms with E-state index >= 15 is 0 Å². The smallest absolute Gasteiger partial charge is 0.144 e. The molecule has 1 heterocycles. The van der Waals surface area contributed by atoms with Crippen molar-refractivity contribution >= 4 is 56.9 Å². The summed E-state index contributed by atoms with van der Waals surface area (Å²) in [4.78, 5) is 4.41. The number of rotatable bonds is 2. The summed E-state index contributed by atoms with van der Waals surface area (Å²) in [5, 5.41) is 11.9. The van der Waals surface area contributed by atoms with E-state index in [9.17, 15) is 5.11 Å². The molecule has 2 aromatic carbocycles. The highest BCUT2D eigenvalue weighted by atomic mass is 35.5. The maximum Gasteiger partial charge on any atom is 0.144 e. The van der Waals surface area contributed by atoms with Crippen molar-refractivity contribution in [1.82, 2.24) is 4.37 Å². The van der Waals surface area contributed by atoms with Crippen LogP contribution in [0, 0.1) is 0 Å². The van der Waals surface area contributed by atoms with Gasteiger partial charge in [0.25, 0.3) is 0 Å². The van der Waals surface area contributed by atoms with Gasteiger partial charge in [0.2, 0.25) is 0 Å². The van der Waals surface area contributed by atoms with Crippen molar-refractivity contribution in [2.45, 2.75) is 0 Å². The minimum absolute atomic E-state index is 0.226. The van der Waals surface area contributed by atoms with E-state index < -0.39 is 0 Å². The largest absolute Gasteiger partial charge is 0.508 e. The lowest BCUT2D eigenvalue weighted by molar-refractivity contribution is 0.475. The van der Waals surface area contributed by atoms with E-state index in [0.29, 0.717) is 15.6 Å². The molecule has 100 valence electrons. The molecule has 0 aliphatic carbocycles. The normalized spacial score (nSPS) is 11.5. The van der Waals surface area contributed by atoms with Crippen LogP contribution in [0.5, 0.6) is 5.75 Å². The summed E-state index contributed by atoms with van der Waals surface area (Å²) >= 11 is 13.4. The molecule has 0 saturated carbocycles. The Bertz CT molecular complexity index is 797. The van der Waals surface area contributed by atoms with E-state index in [-0.39, 0.29) is 5.75 Å². The van der Waals surface area contributed by atoms with E-state index in [1.54, 1.807) is 42.6 Å². The maximum atomic E-state index is 9.23. The van der Waals surface area contributed by atoms with Gasteiger partial charge < -0.3 is 5.11 Å². The van der Waals surface area contributed by atoms with Crippen LogP contribution in [-0.4, -0.2) is 15.7 Å². The number of fused-ring (bicyclic) bond motifs is 1. The lowest BCUT2D eigenvalue weighted by Gasteiger charge is -1.96. The maximum absolute atomic E-state index is 9.23. The Kier molecular flexibility index (Phi) is 3.61. The first-order valence-corrected chi connectivity index (χ1v) is 7.24. The highest BCUT2D eigenvalue weighted by Crippen LogP contribution is 2.36. The fraction of sp³-hybridized carbons (Fsp3) is 0. The molecular weight excluding hydrogens is 315 g/mol. The fourth-order valence-corrected chi connectivity index (χ4v) is 3.06. The molecule has 0 fully saturated rings. The van der Waals surface area contributed by atoms with Crippen molar-refractivity contribution in [2.24, 2.45) is 4.99 Å². The minimum atomic E-state index is 0.226. The van der Waals surface area contributed by atoms with Gasteiger partial charge in [0.1, 0.15) is 16.3 Å². The number of nitrogens with zero attached hydrogens (tertiary/aromatic N) is 2. The molecule has 20 heavy (non-hydrogen) atoms. The zero-order chi connectivity index (χ0) is 14.1. The number of aromatic nitrogens is 1. The number of hydrogen-bond acceptors (Lipinski definition) is 4.